The minimum atomic E-state index is -0.909. The summed E-state index contributed by atoms with van der Waals surface area (Å²) in [6.07, 6.45) is 0. The van der Waals surface area contributed by atoms with Crippen molar-refractivity contribution in [2.75, 3.05) is 5.32 Å². The Labute approximate surface area is 107 Å². The third-order valence-corrected chi connectivity index (χ3v) is 2.47. The first-order valence-electron chi connectivity index (χ1n) is 5.37. The molecule has 1 amide bonds. The molecule has 0 bridgehead atoms. The second-order valence-electron chi connectivity index (χ2n) is 3.85. The monoisotopic (exact) mass is 266 g/mol. The molecule has 0 saturated carbocycles. The van der Waals surface area contributed by atoms with Crippen LogP contribution in [0.1, 0.15) is 16.1 Å². The van der Waals surface area contributed by atoms with Crippen LogP contribution in [0.4, 0.5) is 18.9 Å². The van der Waals surface area contributed by atoms with E-state index in [0.29, 0.717) is 0 Å². The first-order valence-corrected chi connectivity index (χ1v) is 5.37. The lowest BCUT2D eigenvalue weighted by Gasteiger charge is -2.08. The second-order valence-corrected chi connectivity index (χ2v) is 3.85. The summed E-state index contributed by atoms with van der Waals surface area (Å²) in [5, 5.41) is 2.04. The molecular formula is C13H9F3N2O. The summed E-state index contributed by atoms with van der Waals surface area (Å²) in [7, 11) is 0. The summed E-state index contributed by atoms with van der Waals surface area (Å²) < 4.78 is 40.0. The minimum Gasteiger partial charge on any atom is -0.316 e. The van der Waals surface area contributed by atoms with Gasteiger partial charge in [0.05, 0.1) is 0 Å². The molecule has 0 unspecified atom stereocenters. The summed E-state index contributed by atoms with van der Waals surface area (Å²) in [5.74, 6) is -3.52. The maximum absolute atomic E-state index is 13.7. The first kappa shape index (κ1) is 13.1. The number of benzene rings is 1. The van der Waals surface area contributed by atoms with E-state index >= 15 is 0 Å². The maximum Gasteiger partial charge on any atom is 0.274 e. The van der Waals surface area contributed by atoms with Crippen molar-refractivity contribution in [1.82, 2.24) is 4.98 Å². The van der Waals surface area contributed by atoms with Gasteiger partial charge in [0.25, 0.3) is 5.91 Å². The Hall–Kier alpha value is -2.37. The average Bonchev–Trinajstić information content (AvgIpc) is 2.39. The highest BCUT2D eigenvalue weighted by Gasteiger charge is 2.16. The van der Waals surface area contributed by atoms with E-state index in [9.17, 15) is 18.0 Å². The number of hydrogen-bond acceptors (Lipinski definition) is 2. The molecule has 0 radical (unpaired) electrons. The van der Waals surface area contributed by atoms with Gasteiger partial charge < -0.3 is 5.32 Å². The van der Waals surface area contributed by atoms with Crippen molar-refractivity contribution in [1.29, 1.82) is 0 Å². The van der Waals surface area contributed by atoms with Crippen LogP contribution in [0.2, 0.25) is 0 Å². The van der Waals surface area contributed by atoms with Crippen molar-refractivity contribution in [3.63, 3.8) is 0 Å². The van der Waals surface area contributed by atoms with Crippen LogP contribution in [0, 0.1) is 24.5 Å². The molecular weight excluding hydrogens is 257 g/mol. The molecule has 1 N–H and O–H groups in total. The van der Waals surface area contributed by atoms with Crippen LogP contribution in [-0.4, -0.2) is 10.9 Å². The largest absolute Gasteiger partial charge is 0.316 e. The van der Waals surface area contributed by atoms with E-state index in [0.717, 1.165) is 12.1 Å². The van der Waals surface area contributed by atoms with Gasteiger partial charge in [0.2, 0.25) is 5.95 Å². The summed E-state index contributed by atoms with van der Waals surface area (Å²) in [4.78, 5) is 15.0. The first-order chi connectivity index (χ1) is 8.99. The zero-order valence-corrected chi connectivity index (χ0v) is 9.88. The fraction of sp³-hybridized carbons (Fsp3) is 0.0769. The SMILES string of the molecule is Cc1ccc(F)c(NC(=O)c2cccc(F)n2)c1F. The van der Waals surface area contributed by atoms with E-state index in [1.807, 2.05) is 5.32 Å². The smallest absolute Gasteiger partial charge is 0.274 e. The zero-order valence-electron chi connectivity index (χ0n) is 9.88. The molecule has 0 atom stereocenters. The highest BCUT2D eigenvalue weighted by Crippen LogP contribution is 2.22. The Morgan fingerprint density at radius 3 is 2.58 bits per heavy atom. The van der Waals surface area contributed by atoms with Crippen molar-refractivity contribution >= 4 is 11.6 Å². The van der Waals surface area contributed by atoms with Crippen molar-refractivity contribution in [3.05, 3.63) is 59.2 Å². The molecule has 2 rings (SSSR count). The summed E-state index contributed by atoms with van der Waals surface area (Å²) in [6, 6.07) is 5.86. The quantitative estimate of drug-likeness (QED) is 0.849. The van der Waals surface area contributed by atoms with E-state index in [1.165, 1.54) is 25.1 Å². The summed E-state index contributed by atoms with van der Waals surface area (Å²) in [6.45, 7) is 1.44. The maximum atomic E-state index is 13.7. The number of carbonyl (C=O) groups is 1. The number of aryl methyl sites for hydroxylation is 1. The molecule has 6 heteroatoms. The zero-order chi connectivity index (χ0) is 14.0. The second kappa shape index (κ2) is 5.09. The normalized spacial score (nSPS) is 10.3. The number of pyridine rings is 1. The number of halogens is 3. The topological polar surface area (TPSA) is 42.0 Å². The van der Waals surface area contributed by atoms with Crippen LogP contribution in [0.25, 0.3) is 0 Å². The minimum absolute atomic E-state index is 0.184. The van der Waals surface area contributed by atoms with Crippen LogP contribution in [0.15, 0.2) is 30.3 Å². The van der Waals surface area contributed by atoms with Crippen molar-refractivity contribution in [2.45, 2.75) is 6.92 Å². The van der Waals surface area contributed by atoms with Crippen molar-refractivity contribution in [3.8, 4) is 0 Å². The van der Waals surface area contributed by atoms with Crippen LogP contribution in [-0.2, 0) is 0 Å². The predicted octanol–water partition coefficient (Wildman–Crippen LogP) is 3.06. The molecule has 19 heavy (non-hydrogen) atoms. The van der Waals surface area contributed by atoms with Crippen LogP contribution < -0.4 is 5.32 Å². The standard InChI is InChI=1S/C13H9F3N2O/c1-7-5-6-8(14)12(11(7)16)18-13(19)9-3-2-4-10(15)17-9/h2-6H,1H3,(H,18,19). The van der Waals surface area contributed by atoms with Crippen LogP contribution in [0.5, 0.6) is 0 Å². The number of amides is 1. The Bertz CT molecular complexity index is 644. The van der Waals surface area contributed by atoms with E-state index in [-0.39, 0.29) is 11.3 Å². The number of rotatable bonds is 2. The Balaban J connectivity index is 2.32. The van der Waals surface area contributed by atoms with Crippen LogP contribution in [0.3, 0.4) is 0 Å². The molecule has 1 aromatic heterocycles. The number of nitrogens with one attached hydrogen (secondary N) is 1. The van der Waals surface area contributed by atoms with Gasteiger partial charge in [-0.2, -0.15) is 4.39 Å². The summed E-state index contributed by atoms with van der Waals surface area (Å²) >= 11 is 0. The fourth-order valence-electron chi connectivity index (χ4n) is 1.48. The van der Waals surface area contributed by atoms with E-state index < -0.39 is 29.2 Å². The highest BCUT2D eigenvalue weighted by atomic mass is 19.1. The molecule has 0 fully saturated rings. The Morgan fingerprint density at radius 2 is 1.89 bits per heavy atom. The highest BCUT2D eigenvalue weighted by molar-refractivity contribution is 6.03. The molecule has 98 valence electrons. The third-order valence-electron chi connectivity index (χ3n) is 2.47. The number of aromatic nitrogens is 1. The molecule has 1 aromatic carbocycles. The average molecular weight is 266 g/mol. The summed E-state index contributed by atoms with van der Waals surface area (Å²) in [5.41, 5.74) is -0.653. The Kier molecular flexibility index (Phi) is 3.50. The fourth-order valence-corrected chi connectivity index (χ4v) is 1.48. The predicted molar refractivity (Wildman–Crippen MR) is 63.2 cm³/mol. The third kappa shape index (κ3) is 2.73. The van der Waals surface area contributed by atoms with Gasteiger partial charge in [0, 0.05) is 0 Å². The van der Waals surface area contributed by atoms with Gasteiger partial charge in [-0.3, -0.25) is 4.79 Å². The number of nitrogens with zero attached hydrogens (tertiary/aromatic N) is 1. The lowest BCUT2D eigenvalue weighted by atomic mass is 10.2. The van der Waals surface area contributed by atoms with Gasteiger partial charge in [-0.1, -0.05) is 12.1 Å². The lowest BCUT2D eigenvalue weighted by molar-refractivity contribution is 0.102. The number of hydrogen-bond donors (Lipinski definition) is 1. The molecule has 0 saturated heterocycles. The number of carbonyl (C=O) groups excluding carboxylic acids is 1. The molecule has 2 aromatic rings. The van der Waals surface area contributed by atoms with Gasteiger partial charge in [0.1, 0.15) is 17.2 Å². The van der Waals surface area contributed by atoms with E-state index in [2.05, 4.69) is 4.98 Å². The molecule has 1 heterocycles. The van der Waals surface area contributed by atoms with Gasteiger partial charge >= 0.3 is 0 Å². The number of anilines is 1. The van der Waals surface area contributed by atoms with Crippen molar-refractivity contribution in [2.24, 2.45) is 0 Å². The van der Waals surface area contributed by atoms with Gasteiger partial charge in [-0.05, 0) is 30.7 Å². The van der Waals surface area contributed by atoms with Crippen LogP contribution >= 0.6 is 0 Å². The van der Waals surface area contributed by atoms with Gasteiger partial charge in [0.15, 0.2) is 5.82 Å². The molecule has 0 aliphatic heterocycles. The molecule has 0 spiro atoms. The van der Waals surface area contributed by atoms with Gasteiger partial charge in [-0.25, -0.2) is 13.8 Å². The van der Waals surface area contributed by atoms with E-state index in [1.54, 1.807) is 0 Å². The van der Waals surface area contributed by atoms with Crippen molar-refractivity contribution < 1.29 is 18.0 Å². The molecule has 0 aliphatic rings. The Morgan fingerprint density at radius 1 is 1.16 bits per heavy atom. The molecule has 3 nitrogen and oxygen atoms in total. The van der Waals surface area contributed by atoms with E-state index in [4.69, 9.17) is 0 Å². The molecule has 0 aliphatic carbocycles. The lowest BCUT2D eigenvalue weighted by Crippen LogP contribution is -2.16. The van der Waals surface area contributed by atoms with Gasteiger partial charge in [-0.15, -0.1) is 0 Å².